The SMILES string of the molecule is O=C(c1cc2c(Cl)cc(Cl)cn2n1)N1CCn2ccnc2C1. The Morgan fingerprint density at radius 3 is 2.95 bits per heavy atom. The first-order valence-electron chi connectivity index (χ1n) is 6.75. The summed E-state index contributed by atoms with van der Waals surface area (Å²) in [5.74, 6) is 0.745. The zero-order valence-corrected chi connectivity index (χ0v) is 12.9. The van der Waals surface area contributed by atoms with Gasteiger partial charge in [-0.15, -0.1) is 0 Å². The lowest BCUT2D eigenvalue weighted by molar-refractivity contribution is 0.0701. The van der Waals surface area contributed by atoms with Crippen molar-refractivity contribution in [2.24, 2.45) is 0 Å². The Kier molecular flexibility index (Phi) is 3.09. The lowest BCUT2D eigenvalue weighted by atomic mass is 10.3. The summed E-state index contributed by atoms with van der Waals surface area (Å²) in [6, 6.07) is 3.31. The van der Waals surface area contributed by atoms with Crippen LogP contribution in [-0.4, -0.2) is 36.5 Å². The highest BCUT2D eigenvalue weighted by atomic mass is 35.5. The van der Waals surface area contributed by atoms with Gasteiger partial charge in [0.25, 0.3) is 5.91 Å². The second kappa shape index (κ2) is 5.00. The monoisotopic (exact) mass is 335 g/mol. The maximum absolute atomic E-state index is 12.6. The molecular weight excluding hydrogens is 325 g/mol. The van der Waals surface area contributed by atoms with Gasteiger partial charge in [0, 0.05) is 31.7 Å². The molecule has 3 aromatic rings. The maximum atomic E-state index is 12.6. The fraction of sp³-hybridized carbons (Fsp3) is 0.214. The van der Waals surface area contributed by atoms with Crippen LogP contribution in [0, 0.1) is 0 Å². The Morgan fingerprint density at radius 2 is 2.09 bits per heavy atom. The number of nitrogens with zero attached hydrogens (tertiary/aromatic N) is 5. The molecule has 0 N–H and O–H groups in total. The van der Waals surface area contributed by atoms with Gasteiger partial charge in [0.15, 0.2) is 5.69 Å². The number of imidazole rings is 1. The molecule has 4 rings (SSSR count). The Bertz CT molecular complexity index is 885. The van der Waals surface area contributed by atoms with E-state index in [9.17, 15) is 4.79 Å². The van der Waals surface area contributed by atoms with Crippen molar-refractivity contribution in [3.05, 3.63) is 52.3 Å². The number of halogens is 2. The van der Waals surface area contributed by atoms with Crippen LogP contribution in [-0.2, 0) is 13.1 Å². The highest BCUT2D eigenvalue weighted by Crippen LogP contribution is 2.23. The first kappa shape index (κ1) is 13.6. The van der Waals surface area contributed by atoms with Crippen molar-refractivity contribution >= 4 is 34.6 Å². The van der Waals surface area contributed by atoms with Crippen LogP contribution in [0.1, 0.15) is 16.3 Å². The summed E-state index contributed by atoms with van der Waals surface area (Å²) < 4.78 is 3.58. The lowest BCUT2D eigenvalue weighted by Crippen LogP contribution is -2.38. The van der Waals surface area contributed by atoms with Crippen LogP contribution in [0.25, 0.3) is 5.52 Å². The fourth-order valence-electron chi connectivity index (χ4n) is 2.63. The number of rotatable bonds is 1. The Balaban J connectivity index is 1.67. The van der Waals surface area contributed by atoms with Gasteiger partial charge in [-0.1, -0.05) is 23.2 Å². The van der Waals surface area contributed by atoms with E-state index in [1.165, 1.54) is 4.52 Å². The molecule has 0 radical (unpaired) electrons. The van der Waals surface area contributed by atoms with Gasteiger partial charge < -0.3 is 9.47 Å². The van der Waals surface area contributed by atoms with Gasteiger partial charge >= 0.3 is 0 Å². The average Bonchev–Trinajstić information content (AvgIpc) is 3.11. The van der Waals surface area contributed by atoms with Crippen molar-refractivity contribution in [3.8, 4) is 0 Å². The predicted octanol–water partition coefficient (Wildman–Crippen LogP) is 2.49. The molecule has 0 saturated heterocycles. The van der Waals surface area contributed by atoms with Gasteiger partial charge in [0.05, 0.1) is 22.1 Å². The van der Waals surface area contributed by atoms with Crippen LogP contribution >= 0.6 is 23.2 Å². The van der Waals surface area contributed by atoms with E-state index in [4.69, 9.17) is 23.2 Å². The third-order valence-electron chi connectivity index (χ3n) is 3.74. The standard InChI is InChI=1S/C14H11Cl2N5O/c15-9-5-10(16)12-6-11(18-21(12)7-9)14(22)20-4-3-19-2-1-17-13(19)8-20/h1-2,5-7H,3-4,8H2. The minimum atomic E-state index is -0.134. The number of hydrogen-bond acceptors (Lipinski definition) is 3. The van der Waals surface area contributed by atoms with Gasteiger partial charge in [-0.05, 0) is 12.1 Å². The number of hydrogen-bond donors (Lipinski definition) is 0. The topological polar surface area (TPSA) is 55.4 Å². The summed E-state index contributed by atoms with van der Waals surface area (Å²) in [4.78, 5) is 18.6. The second-order valence-corrected chi connectivity index (χ2v) is 5.97. The quantitative estimate of drug-likeness (QED) is 0.686. The molecule has 22 heavy (non-hydrogen) atoms. The van der Waals surface area contributed by atoms with E-state index < -0.39 is 0 Å². The molecule has 0 aromatic carbocycles. The molecule has 0 aliphatic carbocycles. The van der Waals surface area contributed by atoms with Crippen LogP contribution in [0.5, 0.6) is 0 Å². The largest absolute Gasteiger partial charge is 0.332 e. The molecule has 8 heteroatoms. The van der Waals surface area contributed by atoms with Gasteiger partial charge in [-0.25, -0.2) is 9.50 Å². The van der Waals surface area contributed by atoms with E-state index >= 15 is 0 Å². The number of pyridine rings is 1. The summed E-state index contributed by atoms with van der Waals surface area (Å²) >= 11 is 12.1. The van der Waals surface area contributed by atoms with Gasteiger partial charge in [0.1, 0.15) is 5.82 Å². The molecule has 0 atom stereocenters. The van der Waals surface area contributed by atoms with Crippen LogP contribution in [0.3, 0.4) is 0 Å². The smallest absolute Gasteiger partial charge is 0.274 e. The Hall–Kier alpha value is -2.05. The first-order valence-corrected chi connectivity index (χ1v) is 7.51. The summed E-state index contributed by atoms with van der Waals surface area (Å²) in [5.41, 5.74) is 1.01. The molecule has 0 fully saturated rings. The molecule has 6 nitrogen and oxygen atoms in total. The zero-order chi connectivity index (χ0) is 15.3. The highest BCUT2D eigenvalue weighted by Gasteiger charge is 2.24. The molecule has 112 valence electrons. The molecule has 1 aliphatic heterocycles. The summed E-state index contributed by atoms with van der Waals surface area (Å²) in [7, 11) is 0. The number of aromatic nitrogens is 4. The minimum Gasteiger partial charge on any atom is -0.332 e. The molecule has 0 unspecified atom stereocenters. The van der Waals surface area contributed by atoms with Crippen molar-refractivity contribution in [2.45, 2.75) is 13.1 Å². The number of fused-ring (bicyclic) bond motifs is 2. The number of amides is 1. The predicted molar refractivity (Wildman–Crippen MR) is 82.2 cm³/mol. The average molecular weight is 336 g/mol. The van der Waals surface area contributed by atoms with Crippen LogP contribution < -0.4 is 0 Å². The molecule has 0 spiro atoms. The van der Waals surface area contributed by atoms with Crippen molar-refractivity contribution < 1.29 is 4.79 Å². The van der Waals surface area contributed by atoms with Crippen LogP contribution in [0.2, 0.25) is 10.0 Å². The van der Waals surface area contributed by atoms with Crippen LogP contribution in [0.15, 0.2) is 30.7 Å². The maximum Gasteiger partial charge on any atom is 0.274 e. The van der Waals surface area contributed by atoms with Crippen molar-refractivity contribution in [1.82, 2.24) is 24.1 Å². The number of carbonyl (C=O) groups excluding carboxylic acids is 1. The van der Waals surface area contributed by atoms with Gasteiger partial charge in [-0.2, -0.15) is 5.10 Å². The highest BCUT2D eigenvalue weighted by molar-refractivity contribution is 6.36. The first-order chi connectivity index (χ1) is 10.6. The van der Waals surface area contributed by atoms with Crippen molar-refractivity contribution in [3.63, 3.8) is 0 Å². The van der Waals surface area contributed by atoms with E-state index in [1.54, 1.807) is 29.4 Å². The Labute approximate surface area is 135 Å². The summed E-state index contributed by atoms with van der Waals surface area (Å²) in [5, 5.41) is 5.22. The van der Waals surface area contributed by atoms with Crippen molar-refractivity contribution in [2.75, 3.05) is 6.54 Å². The van der Waals surface area contributed by atoms with Crippen LogP contribution in [0.4, 0.5) is 0 Å². The summed E-state index contributed by atoms with van der Waals surface area (Å²) in [6.07, 6.45) is 5.29. The Morgan fingerprint density at radius 1 is 1.23 bits per heavy atom. The normalized spacial score (nSPS) is 14.4. The lowest BCUT2D eigenvalue weighted by Gasteiger charge is -2.26. The molecule has 1 amide bonds. The van der Waals surface area contributed by atoms with Crippen molar-refractivity contribution in [1.29, 1.82) is 0 Å². The second-order valence-electron chi connectivity index (χ2n) is 5.13. The van der Waals surface area contributed by atoms with E-state index in [0.717, 1.165) is 12.4 Å². The molecule has 3 aromatic heterocycles. The molecule has 0 saturated carbocycles. The molecular formula is C14H11Cl2N5O. The van der Waals surface area contributed by atoms with Gasteiger partial charge in [0.2, 0.25) is 0 Å². The van der Waals surface area contributed by atoms with E-state index in [1.807, 2.05) is 10.8 Å². The van der Waals surface area contributed by atoms with E-state index in [2.05, 4.69) is 10.1 Å². The number of carbonyl (C=O) groups is 1. The fourth-order valence-corrected chi connectivity index (χ4v) is 3.15. The minimum absolute atomic E-state index is 0.134. The van der Waals surface area contributed by atoms with Gasteiger partial charge in [-0.3, -0.25) is 4.79 Å². The molecule has 1 aliphatic rings. The third kappa shape index (κ3) is 2.15. The molecule has 0 bridgehead atoms. The van der Waals surface area contributed by atoms with E-state index in [0.29, 0.717) is 34.3 Å². The third-order valence-corrected chi connectivity index (χ3v) is 4.25. The zero-order valence-electron chi connectivity index (χ0n) is 11.4. The van der Waals surface area contributed by atoms with E-state index in [-0.39, 0.29) is 5.91 Å². The summed E-state index contributed by atoms with van der Waals surface area (Å²) in [6.45, 7) is 1.85. The molecule has 4 heterocycles.